The van der Waals surface area contributed by atoms with Crippen LogP contribution in [0.15, 0.2) is 16.3 Å². The van der Waals surface area contributed by atoms with Gasteiger partial charge in [0, 0.05) is 0 Å². The second-order valence-corrected chi connectivity index (χ2v) is 5.77. The van der Waals surface area contributed by atoms with E-state index in [2.05, 4.69) is 10.6 Å². The molecule has 1 heterocycles. The molecule has 1 unspecified atom stereocenters. The number of rotatable bonds is 5. The predicted octanol–water partition coefficient (Wildman–Crippen LogP) is 1.14. The van der Waals surface area contributed by atoms with Gasteiger partial charge >= 0.3 is 5.97 Å². The molecule has 1 aromatic rings. The Hall–Kier alpha value is -1.36. The molecule has 0 amide bonds. The SMILES string of the molecule is C#CC(CC)NS(=O)(=O)c1ccsc1C(=O)O. The van der Waals surface area contributed by atoms with E-state index in [1.54, 1.807) is 6.92 Å². The molecule has 17 heavy (non-hydrogen) atoms. The van der Waals surface area contributed by atoms with Crippen molar-refractivity contribution in [3.05, 3.63) is 16.3 Å². The molecule has 0 aliphatic rings. The van der Waals surface area contributed by atoms with Crippen molar-refractivity contribution in [1.29, 1.82) is 0 Å². The van der Waals surface area contributed by atoms with E-state index >= 15 is 0 Å². The van der Waals surface area contributed by atoms with E-state index in [1.165, 1.54) is 11.4 Å². The predicted molar refractivity (Wildman–Crippen MR) is 64.5 cm³/mol. The third kappa shape index (κ3) is 3.06. The van der Waals surface area contributed by atoms with Gasteiger partial charge in [-0.3, -0.25) is 0 Å². The van der Waals surface area contributed by atoms with Gasteiger partial charge in [0.2, 0.25) is 10.0 Å². The second kappa shape index (κ2) is 5.31. The lowest BCUT2D eigenvalue weighted by atomic mass is 10.3. The molecule has 7 heteroatoms. The number of terminal acetylenes is 1. The Morgan fingerprint density at radius 3 is 2.82 bits per heavy atom. The quantitative estimate of drug-likeness (QED) is 0.788. The summed E-state index contributed by atoms with van der Waals surface area (Å²) in [6.45, 7) is 1.73. The molecule has 0 aromatic carbocycles. The Balaban J connectivity index is 3.10. The molecule has 1 rings (SSSR count). The minimum absolute atomic E-state index is 0.218. The van der Waals surface area contributed by atoms with Crippen molar-refractivity contribution in [3.63, 3.8) is 0 Å². The second-order valence-electron chi connectivity index (χ2n) is 3.17. The third-order valence-electron chi connectivity index (χ3n) is 2.02. The first-order valence-corrected chi connectivity index (χ1v) is 7.08. The topological polar surface area (TPSA) is 83.5 Å². The molecule has 0 saturated carbocycles. The first-order chi connectivity index (χ1) is 7.92. The first-order valence-electron chi connectivity index (χ1n) is 4.71. The molecule has 0 radical (unpaired) electrons. The molecule has 0 spiro atoms. The smallest absolute Gasteiger partial charge is 0.347 e. The number of carbonyl (C=O) groups is 1. The Bertz CT molecular complexity index is 553. The van der Waals surface area contributed by atoms with Gasteiger partial charge in [-0.15, -0.1) is 17.8 Å². The summed E-state index contributed by atoms with van der Waals surface area (Å²) >= 11 is 0.856. The molecule has 0 saturated heterocycles. The molecule has 0 aliphatic carbocycles. The van der Waals surface area contributed by atoms with Crippen LogP contribution in [-0.4, -0.2) is 25.5 Å². The van der Waals surface area contributed by atoms with E-state index in [0.717, 1.165) is 11.3 Å². The van der Waals surface area contributed by atoms with Crippen molar-refractivity contribution in [2.24, 2.45) is 0 Å². The molecule has 0 aliphatic heterocycles. The lowest BCUT2D eigenvalue weighted by Gasteiger charge is -2.10. The maximum absolute atomic E-state index is 11.9. The van der Waals surface area contributed by atoms with Gasteiger partial charge in [-0.05, 0) is 17.9 Å². The summed E-state index contributed by atoms with van der Waals surface area (Å²) in [5, 5.41) is 10.3. The van der Waals surface area contributed by atoms with Gasteiger partial charge in [-0.1, -0.05) is 12.8 Å². The Kier molecular flexibility index (Phi) is 4.28. The average Bonchev–Trinajstić information content (AvgIpc) is 2.75. The highest BCUT2D eigenvalue weighted by molar-refractivity contribution is 7.89. The van der Waals surface area contributed by atoms with Gasteiger partial charge in [-0.2, -0.15) is 4.72 Å². The third-order valence-corrected chi connectivity index (χ3v) is 4.57. The van der Waals surface area contributed by atoms with Gasteiger partial charge in [0.15, 0.2) is 0 Å². The van der Waals surface area contributed by atoms with Crippen LogP contribution in [0.2, 0.25) is 0 Å². The minimum atomic E-state index is -3.88. The van der Waals surface area contributed by atoms with Crippen LogP contribution in [0.3, 0.4) is 0 Å². The van der Waals surface area contributed by atoms with E-state index in [9.17, 15) is 13.2 Å². The molecule has 1 atom stereocenters. The molecule has 92 valence electrons. The zero-order valence-corrected chi connectivity index (χ0v) is 10.6. The zero-order valence-electron chi connectivity index (χ0n) is 9.00. The molecule has 0 bridgehead atoms. The normalized spacial score (nSPS) is 12.9. The maximum Gasteiger partial charge on any atom is 0.347 e. The fourth-order valence-electron chi connectivity index (χ4n) is 1.15. The highest BCUT2D eigenvalue weighted by atomic mass is 32.2. The van der Waals surface area contributed by atoms with Crippen molar-refractivity contribution < 1.29 is 18.3 Å². The van der Waals surface area contributed by atoms with Crippen LogP contribution < -0.4 is 4.72 Å². The van der Waals surface area contributed by atoms with Crippen molar-refractivity contribution in [3.8, 4) is 12.3 Å². The number of sulfonamides is 1. The van der Waals surface area contributed by atoms with Crippen molar-refractivity contribution in [2.75, 3.05) is 0 Å². The van der Waals surface area contributed by atoms with Crippen molar-refractivity contribution >= 4 is 27.3 Å². The Morgan fingerprint density at radius 2 is 2.35 bits per heavy atom. The molecular formula is C10H11NO4S2. The van der Waals surface area contributed by atoms with E-state index in [4.69, 9.17) is 11.5 Å². The monoisotopic (exact) mass is 273 g/mol. The number of hydrogen-bond acceptors (Lipinski definition) is 4. The summed E-state index contributed by atoms with van der Waals surface area (Å²) in [7, 11) is -3.88. The van der Waals surface area contributed by atoms with Crippen LogP contribution in [-0.2, 0) is 10.0 Å². The minimum Gasteiger partial charge on any atom is -0.477 e. The molecular weight excluding hydrogens is 262 g/mol. The van der Waals surface area contributed by atoms with Crippen LogP contribution in [0, 0.1) is 12.3 Å². The highest BCUT2D eigenvalue weighted by Crippen LogP contribution is 2.22. The maximum atomic E-state index is 11.9. The highest BCUT2D eigenvalue weighted by Gasteiger charge is 2.25. The van der Waals surface area contributed by atoms with Crippen LogP contribution in [0.25, 0.3) is 0 Å². The number of thiophene rings is 1. The standard InChI is InChI=1S/C10H11NO4S2/c1-3-7(4-2)11-17(14,15)8-5-6-16-9(8)10(12)13/h1,5-7,11H,4H2,2H3,(H,12,13). The Labute approximate surface area is 104 Å². The van der Waals surface area contributed by atoms with Gasteiger partial charge in [-0.25, -0.2) is 13.2 Å². The lowest BCUT2D eigenvalue weighted by molar-refractivity contribution is 0.0698. The number of hydrogen-bond donors (Lipinski definition) is 2. The number of carboxylic acids is 1. The van der Waals surface area contributed by atoms with Gasteiger partial charge < -0.3 is 5.11 Å². The van der Waals surface area contributed by atoms with E-state index < -0.39 is 22.0 Å². The number of carboxylic acid groups (broad SMARTS) is 1. The van der Waals surface area contributed by atoms with Crippen LogP contribution in [0.5, 0.6) is 0 Å². The Morgan fingerprint density at radius 1 is 1.71 bits per heavy atom. The number of nitrogens with one attached hydrogen (secondary N) is 1. The number of aromatic carboxylic acids is 1. The molecule has 2 N–H and O–H groups in total. The van der Waals surface area contributed by atoms with Crippen LogP contribution in [0.1, 0.15) is 23.0 Å². The van der Waals surface area contributed by atoms with Gasteiger partial charge in [0.1, 0.15) is 9.77 Å². The van der Waals surface area contributed by atoms with Crippen LogP contribution >= 0.6 is 11.3 Å². The van der Waals surface area contributed by atoms with Gasteiger partial charge in [0.25, 0.3) is 0 Å². The summed E-state index contributed by atoms with van der Waals surface area (Å²) in [5.41, 5.74) is 0. The molecule has 1 aromatic heterocycles. The average molecular weight is 273 g/mol. The largest absolute Gasteiger partial charge is 0.477 e. The fourth-order valence-corrected chi connectivity index (χ4v) is 3.65. The van der Waals surface area contributed by atoms with E-state index in [0.29, 0.717) is 6.42 Å². The summed E-state index contributed by atoms with van der Waals surface area (Å²) in [6, 6.07) is 0.612. The molecule has 0 fully saturated rings. The summed E-state index contributed by atoms with van der Waals surface area (Å²) in [5.74, 6) is 1.01. The van der Waals surface area contributed by atoms with E-state index in [-0.39, 0.29) is 9.77 Å². The summed E-state index contributed by atoms with van der Waals surface area (Å²) in [4.78, 5) is 10.4. The lowest BCUT2D eigenvalue weighted by Crippen LogP contribution is -2.33. The van der Waals surface area contributed by atoms with Gasteiger partial charge in [0.05, 0.1) is 6.04 Å². The van der Waals surface area contributed by atoms with E-state index in [1.807, 2.05) is 0 Å². The zero-order chi connectivity index (χ0) is 13.1. The summed E-state index contributed by atoms with van der Waals surface area (Å²) in [6.07, 6.45) is 5.58. The van der Waals surface area contributed by atoms with Crippen LogP contribution in [0.4, 0.5) is 0 Å². The first kappa shape index (κ1) is 13.7. The van der Waals surface area contributed by atoms with Crippen molar-refractivity contribution in [1.82, 2.24) is 4.72 Å². The summed E-state index contributed by atoms with van der Waals surface area (Å²) < 4.78 is 26.0. The fraction of sp³-hybridized carbons (Fsp3) is 0.300. The molecule has 5 nitrogen and oxygen atoms in total. The van der Waals surface area contributed by atoms with Crippen molar-refractivity contribution in [2.45, 2.75) is 24.3 Å².